The highest BCUT2D eigenvalue weighted by Crippen LogP contribution is 2.17. The molecule has 0 aliphatic carbocycles. The number of halogens is 1. The maximum Gasteiger partial charge on any atom is 0.233 e. The van der Waals surface area contributed by atoms with Crippen LogP contribution in [0.25, 0.3) is 0 Å². The molecule has 0 saturated carbocycles. The van der Waals surface area contributed by atoms with E-state index in [1.54, 1.807) is 0 Å². The average molecular weight is 272 g/mol. The molecule has 1 aromatic rings. The molecule has 0 aromatic heterocycles. The first kappa shape index (κ1) is 14.4. The van der Waals surface area contributed by atoms with Crippen LogP contribution in [0.4, 0.5) is 0 Å². The normalized spacial score (nSPS) is 14.5. The van der Waals surface area contributed by atoms with Crippen molar-refractivity contribution in [3.05, 3.63) is 34.9 Å². The first-order valence-electron chi connectivity index (χ1n) is 5.65. The molecule has 0 saturated heterocycles. The maximum atomic E-state index is 11.8. The molecule has 1 rings (SSSR count). The Morgan fingerprint density at radius 3 is 2.24 bits per heavy atom. The van der Waals surface area contributed by atoms with E-state index in [0.29, 0.717) is 5.02 Å². The van der Waals surface area contributed by atoms with Gasteiger partial charge in [-0.2, -0.15) is 12.6 Å². The molecule has 17 heavy (non-hydrogen) atoms. The molecule has 2 unspecified atom stereocenters. The summed E-state index contributed by atoms with van der Waals surface area (Å²) in [5, 5.41) is 3.36. The van der Waals surface area contributed by atoms with Gasteiger partial charge in [-0.15, -0.1) is 0 Å². The van der Waals surface area contributed by atoms with Crippen molar-refractivity contribution in [2.45, 2.75) is 32.1 Å². The topological polar surface area (TPSA) is 29.1 Å². The summed E-state index contributed by atoms with van der Waals surface area (Å²) in [6.45, 7) is 5.90. The summed E-state index contributed by atoms with van der Waals surface area (Å²) in [6.07, 6.45) is 0. The van der Waals surface area contributed by atoms with E-state index in [9.17, 15) is 4.79 Å². The molecule has 1 aromatic carbocycles. The summed E-state index contributed by atoms with van der Waals surface area (Å²) >= 11 is 10.1. The lowest BCUT2D eigenvalue weighted by Crippen LogP contribution is -2.36. The number of hydrogen-bond acceptors (Lipinski definition) is 2. The van der Waals surface area contributed by atoms with Crippen molar-refractivity contribution >= 4 is 30.1 Å². The number of hydrogen-bond donors (Lipinski definition) is 2. The van der Waals surface area contributed by atoms with Gasteiger partial charge in [0.25, 0.3) is 0 Å². The van der Waals surface area contributed by atoms with Crippen molar-refractivity contribution in [1.82, 2.24) is 5.32 Å². The Labute approximate surface area is 113 Å². The fourth-order valence-corrected chi connectivity index (χ4v) is 1.64. The molecule has 1 amide bonds. The molecule has 4 heteroatoms. The van der Waals surface area contributed by atoms with E-state index in [1.165, 1.54) is 0 Å². The zero-order valence-electron chi connectivity index (χ0n) is 10.3. The van der Waals surface area contributed by atoms with Crippen LogP contribution < -0.4 is 5.32 Å². The fourth-order valence-electron chi connectivity index (χ4n) is 1.44. The predicted octanol–water partition coefficient (Wildman–Crippen LogP) is 3.47. The number of benzene rings is 1. The minimum Gasteiger partial charge on any atom is -0.349 e. The maximum absolute atomic E-state index is 11.8. The lowest BCUT2D eigenvalue weighted by molar-refractivity contribution is -0.121. The zero-order chi connectivity index (χ0) is 13.0. The average Bonchev–Trinajstić information content (AvgIpc) is 2.28. The Morgan fingerprint density at radius 1 is 1.24 bits per heavy atom. The van der Waals surface area contributed by atoms with Crippen LogP contribution in [0.15, 0.2) is 24.3 Å². The van der Waals surface area contributed by atoms with Gasteiger partial charge >= 0.3 is 0 Å². The molecular weight excluding hydrogens is 254 g/mol. The lowest BCUT2D eigenvalue weighted by Gasteiger charge is -2.19. The molecule has 2 atom stereocenters. The highest BCUT2D eigenvalue weighted by Gasteiger charge is 2.19. The molecule has 0 bridgehead atoms. The molecule has 1 N–H and O–H groups in total. The summed E-state index contributed by atoms with van der Waals surface area (Å²) in [5.74, 6) is 0.182. The van der Waals surface area contributed by atoms with E-state index in [1.807, 2.05) is 45.0 Å². The van der Waals surface area contributed by atoms with Crippen molar-refractivity contribution < 1.29 is 4.79 Å². The third-order valence-corrected chi connectivity index (χ3v) is 3.71. The largest absolute Gasteiger partial charge is 0.349 e. The SMILES string of the molecule is CC(NC(=O)C(S)C(C)C)c1ccc(Cl)cc1. The Kier molecular flexibility index (Phi) is 5.34. The van der Waals surface area contributed by atoms with Crippen LogP contribution in [0.5, 0.6) is 0 Å². The second-order valence-electron chi connectivity index (χ2n) is 4.47. The molecular formula is C13H18ClNOS. The Balaban J connectivity index is 2.63. The Bertz CT molecular complexity index is 378. The van der Waals surface area contributed by atoms with E-state index in [0.717, 1.165) is 5.56 Å². The summed E-state index contributed by atoms with van der Waals surface area (Å²) in [5.41, 5.74) is 1.03. The van der Waals surface area contributed by atoms with E-state index < -0.39 is 0 Å². The molecule has 0 aliphatic heterocycles. The quantitative estimate of drug-likeness (QED) is 0.807. The third kappa shape index (κ3) is 4.25. The number of amides is 1. The van der Waals surface area contributed by atoms with Gasteiger partial charge in [0.2, 0.25) is 5.91 Å². The minimum absolute atomic E-state index is 0.0341. The predicted molar refractivity (Wildman–Crippen MR) is 75.6 cm³/mol. The van der Waals surface area contributed by atoms with E-state index >= 15 is 0 Å². The van der Waals surface area contributed by atoms with Gasteiger partial charge in [-0.3, -0.25) is 4.79 Å². The monoisotopic (exact) mass is 271 g/mol. The van der Waals surface area contributed by atoms with Crippen LogP contribution in [0, 0.1) is 5.92 Å². The zero-order valence-corrected chi connectivity index (χ0v) is 11.9. The van der Waals surface area contributed by atoms with Crippen LogP contribution in [0.3, 0.4) is 0 Å². The van der Waals surface area contributed by atoms with Crippen molar-refractivity contribution in [2.75, 3.05) is 0 Å². The van der Waals surface area contributed by atoms with Crippen LogP contribution in [-0.2, 0) is 4.79 Å². The van der Waals surface area contributed by atoms with Crippen LogP contribution in [0.2, 0.25) is 5.02 Å². The first-order valence-corrected chi connectivity index (χ1v) is 6.55. The van der Waals surface area contributed by atoms with Crippen molar-refractivity contribution in [2.24, 2.45) is 5.92 Å². The third-order valence-electron chi connectivity index (χ3n) is 2.63. The van der Waals surface area contributed by atoms with Crippen LogP contribution in [0.1, 0.15) is 32.4 Å². The van der Waals surface area contributed by atoms with Crippen molar-refractivity contribution in [3.8, 4) is 0 Å². The van der Waals surface area contributed by atoms with Gasteiger partial charge in [-0.1, -0.05) is 37.6 Å². The summed E-state index contributed by atoms with van der Waals surface area (Å²) in [7, 11) is 0. The number of thiol groups is 1. The number of rotatable bonds is 4. The van der Waals surface area contributed by atoms with Gasteiger partial charge in [-0.05, 0) is 30.5 Å². The summed E-state index contributed by atoms with van der Waals surface area (Å²) in [4.78, 5) is 11.8. The number of nitrogens with one attached hydrogen (secondary N) is 1. The van der Waals surface area contributed by atoms with Crippen molar-refractivity contribution in [3.63, 3.8) is 0 Å². The molecule has 0 aliphatic rings. The van der Waals surface area contributed by atoms with Gasteiger partial charge in [0.05, 0.1) is 11.3 Å². The van der Waals surface area contributed by atoms with Gasteiger partial charge in [-0.25, -0.2) is 0 Å². The second kappa shape index (κ2) is 6.31. The first-order chi connectivity index (χ1) is 7.91. The Morgan fingerprint density at radius 2 is 1.76 bits per heavy atom. The second-order valence-corrected chi connectivity index (χ2v) is 5.46. The highest BCUT2D eigenvalue weighted by molar-refractivity contribution is 7.81. The number of carbonyl (C=O) groups is 1. The van der Waals surface area contributed by atoms with Gasteiger partial charge < -0.3 is 5.32 Å². The van der Waals surface area contributed by atoms with E-state index in [4.69, 9.17) is 11.6 Å². The lowest BCUT2D eigenvalue weighted by atomic mass is 10.1. The molecule has 0 heterocycles. The van der Waals surface area contributed by atoms with Gasteiger partial charge in [0.1, 0.15) is 0 Å². The van der Waals surface area contributed by atoms with Gasteiger partial charge in [0.15, 0.2) is 0 Å². The van der Waals surface area contributed by atoms with E-state index in [2.05, 4.69) is 17.9 Å². The standard InChI is InChI=1S/C13H18ClNOS/c1-8(2)12(17)13(16)15-9(3)10-4-6-11(14)7-5-10/h4-9,12,17H,1-3H3,(H,15,16). The molecule has 0 radical (unpaired) electrons. The Hall–Kier alpha value is -0.670. The minimum atomic E-state index is -0.273. The van der Waals surface area contributed by atoms with Gasteiger partial charge in [0, 0.05) is 5.02 Å². The van der Waals surface area contributed by atoms with E-state index in [-0.39, 0.29) is 23.1 Å². The molecule has 94 valence electrons. The fraction of sp³-hybridized carbons (Fsp3) is 0.462. The summed E-state index contributed by atoms with van der Waals surface area (Å²) < 4.78 is 0. The molecule has 2 nitrogen and oxygen atoms in total. The highest BCUT2D eigenvalue weighted by atomic mass is 35.5. The summed E-state index contributed by atoms with van der Waals surface area (Å²) in [6, 6.07) is 7.43. The van der Waals surface area contributed by atoms with Crippen LogP contribution in [-0.4, -0.2) is 11.2 Å². The number of carbonyl (C=O) groups excluding carboxylic acids is 1. The van der Waals surface area contributed by atoms with Crippen LogP contribution >= 0.6 is 24.2 Å². The van der Waals surface area contributed by atoms with Crippen molar-refractivity contribution in [1.29, 1.82) is 0 Å². The molecule has 0 fully saturated rings. The molecule has 0 spiro atoms. The smallest absolute Gasteiger partial charge is 0.233 e.